The topological polar surface area (TPSA) is 37.4 Å². The zero-order chi connectivity index (χ0) is 18.1. The Kier molecular flexibility index (Phi) is 4.70. The molecule has 0 N–H and O–H groups in total. The number of Topliss-reactive ketones (excluding diaryl/α,β-unsaturated/α-hetero) is 1. The first-order chi connectivity index (χ1) is 12.6. The van der Waals surface area contributed by atoms with Crippen LogP contribution in [0.2, 0.25) is 0 Å². The highest BCUT2D eigenvalue weighted by Gasteiger charge is 2.53. The fourth-order valence-corrected chi connectivity index (χ4v) is 4.42. The van der Waals surface area contributed by atoms with Crippen LogP contribution in [0.25, 0.3) is 0 Å². The van der Waals surface area contributed by atoms with Crippen molar-refractivity contribution in [2.45, 2.75) is 31.1 Å². The average molecular weight is 412 g/mol. The molecule has 0 spiro atoms. The van der Waals surface area contributed by atoms with E-state index in [0.717, 1.165) is 41.3 Å². The quantitative estimate of drug-likeness (QED) is 0.689. The van der Waals surface area contributed by atoms with Crippen molar-refractivity contribution in [3.63, 3.8) is 0 Å². The second-order valence-electron chi connectivity index (χ2n) is 7.39. The molecule has 0 radical (unpaired) electrons. The van der Waals surface area contributed by atoms with Gasteiger partial charge in [0.05, 0.1) is 5.41 Å². The highest BCUT2D eigenvalue weighted by Crippen LogP contribution is 2.50. The maximum Gasteiger partial charge on any atom is 0.233 e. The fourth-order valence-electron chi connectivity index (χ4n) is 4.02. The Morgan fingerprint density at radius 1 is 0.962 bits per heavy atom. The SMILES string of the molecule is O=C(c1ccccc1)C1CCN(C(=O)C2(c3cccc(Br)c3)CC2)CC1. The lowest BCUT2D eigenvalue weighted by atomic mass is 9.87. The predicted molar refractivity (Wildman–Crippen MR) is 105 cm³/mol. The number of halogens is 1. The third-order valence-corrected chi connectivity index (χ3v) is 6.24. The number of likely N-dealkylation sites (tertiary alicyclic amines) is 1. The number of rotatable bonds is 4. The summed E-state index contributed by atoms with van der Waals surface area (Å²) < 4.78 is 1.02. The molecule has 3 nitrogen and oxygen atoms in total. The van der Waals surface area contributed by atoms with Gasteiger partial charge in [-0.05, 0) is 43.4 Å². The van der Waals surface area contributed by atoms with Crippen molar-refractivity contribution in [3.8, 4) is 0 Å². The van der Waals surface area contributed by atoms with Gasteiger partial charge in [-0.2, -0.15) is 0 Å². The molecule has 1 aliphatic heterocycles. The summed E-state index contributed by atoms with van der Waals surface area (Å²) >= 11 is 3.51. The number of hydrogen-bond donors (Lipinski definition) is 0. The Morgan fingerprint density at radius 3 is 2.27 bits per heavy atom. The van der Waals surface area contributed by atoms with Gasteiger partial charge in [0, 0.05) is 29.0 Å². The summed E-state index contributed by atoms with van der Waals surface area (Å²) in [4.78, 5) is 27.8. The van der Waals surface area contributed by atoms with E-state index < -0.39 is 0 Å². The van der Waals surface area contributed by atoms with Crippen LogP contribution in [-0.2, 0) is 10.2 Å². The number of nitrogens with zero attached hydrogens (tertiary/aromatic N) is 1. The highest BCUT2D eigenvalue weighted by atomic mass is 79.9. The molecule has 4 heteroatoms. The smallest absolute Gasteiger partial charge is 0.233 e. The summed E-state index contributed by atoms with van der Waals surface area (Å²) in [6, 6.07) is 17.6. The molecule has 2 aliphatic rings. The molecule has 26 heavy (non-hydrogen) atoms. The van der Waals surface area contributed by atoms with Gasteiger partial charge in [-0.1, -0.05) is 58.4 Å². The van der Waals surface area contributed by atoms with Crippen LogP contribution in [0.4, 0.5) is 0 Å². The molecule has 0 bridgehead atoms. The van der Waals surface area contributed by atoms with Gasteiger partial charge in [0.25, 0.3) is 0 Å². The summed E-state index contributed by atoms with van der Waals surface area (Å²) in [5.74, 6) is 0.481. The van der Waals surface area contributed by atoms with Crippen molar-refractivity contribution < 1.29 is 9.59 Å². The molecule has 1 aliphatic carbocycles. The van der Waals surface area contributed by atoms with Crippen molar-refractivity contribution in [2.24, 2.45) is 5.92 Å². The third kappa shape index (κ3) is 3.23. The molecule has 1 amide bonds. The second-order valence-corrected chi connectivity index (χ2v) is 8.30. The third-order valence-electron chi connectivity index (χ3n) is 5.75. The first-order valence-corrected chi connectivity index (χ1v) is 10.0. The number of amides is 1. The van der Waals surface area contributed by atoms with Gasteiger partial charge < -0.3 is 4.90 Å². The summed E-state index contributed by atoms with van der Waals surface area (Å²) in [5.41, 5.74) is 1.56. The van der Waals surface area contributed by atoms with E-state index in [2.05, 4.69) is 28.1 Å². The minimum atomic E-state index is -0.333. The predicted octanol–water partition coefficient (Wildman–Crippen LogP) is 4.60. The van der Waals surface area contributed by atoms with Crippen LogP contribution in [0.1, 0.15) is 41.6 Å². The van der Waals surface area contributed by atoms with Crippen LogP contribution in [0, 0.1) is 5.92 Å². The number of benzene rings is 2. The molecular formula is C22H22BrNO2. The fraction of sp³-hybridized carbons (Fsp3) is 0.364. The van der Waals surface area contributed by atoms with Gasteiger partial charge in [-0.3, -0.25) is 9.59 Å². The summed E-state index contributed by atoms with van der Waals surface area (Å²) in [6.07, 6.45) is 3.36. The van der Waals surface area contributed by atoms with E-state index in [9.17, 15) is 9.59 Å². The number of carbonyl (C=O) groups excluding carboxylic acids is 2. The maximum atomic E-state index is 13.2. The van der Waals surface area contributed by atoms with E-state index in [4.69, 9.17) is 0 Å². The van der Waals surface area contributed by atoms with Crippen molar-refractivity contribution in [2.75, 3.05) is 13.1 Å². The first kappa shape index (κ1) is 17.5. The van der Waals surface area contributed by atoms with E-state index in [1.54, 1.807) is 0 Å². The molecule has 134 valence electrons. The van der Waals surface area contributed by atoms with Crippen molar-refractivity contribution in [3.05, 3.63) is 70.2 Å². The zero-order valence-electron chi connectivity index (χ0n) is 14.7. The van der Waals surface area contributed by atoms with Gasteiger partial charge in [-0.15, -0.1) is 0 Å². The van der Waals surface area contributed by atoms with E-state index >= 15 is 0 Å². The standard InChI is InChI=1S/C22H22BrNO2/c23-19-8-4-7-18(15-19)22(11-12-22)21(26)24-13-9-17(10-14-24)20(25)16-5-2-1-3-6-16/h1-8,15,17H,9-14H2. The van der Waals surface area contributed by atoms with E-state index in [0.29, 0.717) is 13.1 Å². The average Bonchev–Trinajstić information content (AvgIpc) is 3.50. The Morgan fingerprint density at radius 2 is 1.65 bits per heavy atom. The van der Waals surface area contributed by atoms with Gasteiger partial charge in [0.15, 0.2) is 5.78 Å². The lowest BCUT2D eigenvalue weighted by Crippen LogP contribution is -2.45. The van der Waals surface area contributed by atoms with E-state index in [-0.39, 0.29) is 23.0 Å². The Hall–Kier alpha value is -1.94. The van der Waals surface area contributed by atoms with Crippen LogP contribution in [0.5, 0.6) is 0 Å². The van der Waals surface area contributed by atoms with Crippen molar-refractivity contribution in [1.29, 1.82) is 0 Å². The molecule has 0 unspecified atom stereocenters. The van der Waals surface area contributed by atoms with E-state index in [1.165, 1.54) is 0 Å². The number of piperidine rings is 1. The zero-order valence-corrected chi connectivity index (χ0v) is 16.2. The van der Waals surface area contributed by atoms with Gasteiger partial charge in [0.2, 0.25) is 5.91 Å². The molecule has 4 rings (SSSR count). The number of carbonyl (C=O) groups is 2. The minimum absolute atomic E-state index is 0.0301. The lowest BCUT2D eigenvalue weighted by Gasteiger charge is -2.34. The Bertz CT molecular complexity index is 821. The molecular weight excluding hydrogens is 390 g/mol. The molecule has 2 aromatic rings. The van der Waals surface area contributed by atoms with Crippen molar-refractivity contribution >= 4 is 27.6 Å². The van der Waals surface area contributed by atoms with Gasteiger partial charge in [0.1, 0.15) is 0 Å². The maximum absolute atomic E-state index is 13.2. The van der Waals surface area contributed by atoms with Crippen LogP contribution in [0.15, 0.2) is 59.1 Å². The molecule has 1 saturated carbocycles. The van der Waals surface area contributed by atoms with Crippen LogP contribution in [-0.4, -0.2) is 29.7 Å². The lowest BCUT2D eigenvalue weighted by molar-refractivity contribution is -0.135. The summed E-state index contributed by atoms with van der Waals surface area (Å²) in [6.45, 7) is 1.36. The van der Waals surface area contributed by atoms with Crippen LogP contribution in [0.3, 0.4) is 0 Å². The first-order valence-electron chi connectivity index (χ1n) is 9.25. The number of hydrogen-bond acceptors (Lipinski definition) is 2. The summed E-state index contributed by atoms with van der Waals surface area (Å²) in [5, 5.41) is 0. The Balaban J connectivity index is 1.42. The van der Waals surface area contributed by atoms with Crippen LogP contribution >= 0.6 is 15.9 Å². The Labute approximate surface area is 162 Å². The van der Waals surface area contributed by atoms with Crippen molar-refractivity contribution in [1.82, 2.24) is 4.90 Å². The number of ketones is 1. The molecule has 0 atom stereocenters. The molecule has 1 saturated heterocycles. The molecule has 0 aromatic heterocycles. The van der Waals surface area contributed by atoms with E-state index in [1.807, 2.05) is 47.4 Å². The van der Waals surface area contributed by atoms with Crippen LogP contribution < -0.4 is 0 Å². The summed E-state index contributed by atoms with van der Waals surface area (Å²) in [7, 11) is 0. The van der Waals surface area contributed by atoms with Gasteiger partial charge in [-0.25, -0.2) is 0 Å². The molecule has 1 heterocycles. The highest BCUT2D eigenvalue weighted by molar-refractivity contribution is 9.10. The minimum Gasteiger partial charge on any atom is -0.342 e. The normalized spacial score (nSPS) is 19.2. The molecule has 2 aromatic carbocycles. The second kappa shape index (κ2) is 6.99. The molecule has 2 fully saturated rings. The van der Waals surface area contributed by atoms with Gasteiger partial charge >= 0.3 is 0 Å². The monoisotopic (exact) mass is 411 g/mol. The largest absolute Gasteiger partial charge is 0.342 e.